The van der Waals surface area contributed by atoms with Gasteiger partial charge in [-0.1, -0.05) is 11.6 Å². The summed E-state index contributed by atoms with van der Waals surface area (Å²) in [5.41, 5.74) is 0.821. The maximum Gasteiger partial charge on any atom is 0.161 e. The van der Waals surface area contributed by atoms with Crippen molar-refractivity contribution in [2.45, 2.75) is 6.61 Å². The molecule has 0 aliphatic heterocycles. The lowest BCUT2D eigenvalue weighted by Gasteiger charge is -2.11. The van der Waals surface area contributed by atoms with Gasteiger partial charge in [0.2, 0.25) is 0 Å². The number of halogens is 2. The SMILES string of the molecule is COc1cc(C=O)ccc1OCc1cc(Cl)ccc1F. The van der Waals surface area contributed by atoms with Gasteiger partial charge >= 0.3 is 0 Å². The minimum Gasteiger partial charge on any atom is -0.493 e. The van der Waals surface area contributed by atoms with Crippen molar-refractivity contribution in [3.8, 4) is 11.5 Å². The molecule has 0 aliphatic rings. The Balaban J connectivity index is 2.18. The maximum atomic E-state index is 13.6. The van der Waals surface area contributed by atoms with Crippen LogP contribution >= 0.6 is 11.6 Å². The molecular formula is C15H12ClFO3. The normalized spacial score (nSPS) is 10.2. The second-order valence-electron chi connectivity index (χ2n) is 4.05. The van der Waals surface area contributed by atoms with Gasteiger partial charge in [0, 0.05) is 16.1 Å². The highest BCUT2D eigenvalue weighted by atomic mass is 35.5. The summed E-state index contributed by atoms with van der Waals surface area (Å²) in [7, 11) is 1.47. The molecule has 3 nitrogen and oxygen atoms in total. The molecule has 2 aromatic carbocycles. The molecule has 2 rings (SSSR count). The Hall–Kier alpha value is -2.07. The summed E-state index contributed by atoms with van der Waals surface area (Å²) < 4.78 is 24.2. The van der Waals surface area contributed by atoms with E-state index in [0.717, 1.165) is 0 Å². The van der Waals surface area contributed by atoms with Crippen LogP contribution in [-0.2, 0) is 6.61 Å². The summed E-state index contributed by atoms with van der Waals surface area (Å²) in [6.45, 7) is 0.0171. The van der Waals surface area contributed by atoms with Crippen molar-refractivity contribution in [2.75, 3.05) is 7.11 Å². The summed E-state index contributed by atoms with van der Waals surface area (Å²) in [6, 6.07) is 9.01. The van der Waals surface area contributed by atoms with Crippen molar-refractivity contribution in [3.63, 3.8) is 0 Å². The molecule has 0 unspecified atom stereocenters. The molecule has 0 N–H and O–H groups in total. The number of rotatable bonds is 5. The van der Waals surface area contributed by atoms with Crippen LogP contribution in [0.15, 0.2) is 36.4 Å². The average molecular weight is 295 g/mol. The Labute approximate surface area is 120 Å². The zero-order valence-corrected chi connectivity index (χ0v) is 11.5. The monoisotopic (exact) mass is 294 g/mol. The van der Waals surface area contributed by atoms with E-state index in [1.807, 2.05) is 0 Å². The highest BCUT2D eigenvalue weighted by Crippen LogP contribution is 2.28. The van der Waals surface area contributed by atoms with Gasteiger partial charge in [-0.25, -0.2) is 4.39 Å². The summed E-state index contributed by atoms with van der Waals surface area (Å²) in [5, 5.41) is 0.438. The van der Waals surface area contributed by atoms with Crippen LogP contribution in [0, 0.1) is 5.82 Å². The topological polar surface area (TPSA) is 35.5 Å². The van der Waals surface area contributed by atoms with Gasteiger partial charge in [-0.15, -0.1) is 0 Å². The van der Waals surface area contributed by atoms with Crippen LogP contribution in [0.4, 0.5) is 4.39 Å². The van der Waals surface area contributed by atoms with Gasteiger partial charge in [-0.3, -0.25) is 4.79 Å². The van der Waals surface area contributed by atoms with E-state index in [1.165, 1.54) is 25.3 Å². The molecule has 104 valence electrons. The minimum atomic E-state index is -0.391. The molecule has 0 bridgehead atoms. The van der Waals surface area contributed by atoms with Crippen LogP contribution in [0.2, 0.25) is 5.02 Å². The minimum absolute atomic E-state index is 0.0171. The van der Waals surface area contributed by atoms with E-state index in [0.29, 0.717) is 33.9 Å². The third-order valence-corrected chi connectivity index (χ3v) is 2.95. The van der Waals surface area contributed by atoms with Gasteiger partial charge < -0.3 is 9.47 Å². The molecular weight excluding hydrogens is 283 g/mol. The zero-order valence-electron chi connectivity index (χ0n) is 10.7. The standard InChI is InChI=1S/C15H12ClFO3/c1-19-15-6-10(8-18)2-5-14(15)20-9-11-7-12(16)3-4-13(11)17/h2-8H,9H2,1H3. The molecule has 0 aromatic heterocycles. The number of carbonyl (C=O) groups is 1. The number of aldehydes is 1. The number of carbonyl (C=O) groups excluding carboxylic acids is 1. The zero-order chi connectivity index (χ0) is 14.5. The lowest BCUT2D eigenvalue weighted by atomic mass is 10.2. The molecule has 0 radical (unpaired) electrons. The average Bonchev–Trinajstić information content (AvgIpc) is 2.48. The van der Waals surface area contributed by atoms with E-state index in [9.17, 15) is 9.18 Å². The predicted molar refractivity (Wildman–Crippen MR) is 74.1 cm³/mol. The van der Waals surface area contributed by atoms with E-state index in [2.05, 4.69) is 0 Å². The van der Waals surface area contributed by atoms with E-state index >= 15 is 0 Å². The molecule has 0 spiro atoms. The van der Waals surface area contributed by atoms with Gasteiger partial charge in [-0.05, 0) is 36.4 Å². The predicted octanol–water partition coefficient (Wildman–Crippen LogP) is 3.88. The molecule has 0 aliphatic carbocycles. The third kappa shape index (κ3) is 3.27. The first kappa shape index (κ1) is 14.3. The molecule has 0 amide bonds. The van der Waals surface area contributed by atoms with Crippen LogP contribution in [0.1, 0.15) is 15.9 Å². The number of ether oxygens (including phenoxy) is 2. The van der Waals surface area contributed by atoms with E-state index in [1.54, 1.807) is 18.2 Å². The molecule has 0 heterocycles. The Bertz CT molecular complexity index is 629. The summed E-state index contributed by atoms with van der Waals surface area (Å²) >= 11 is 5.81. The van der Waals surface area contributed by atoms with Gasteiger partial charge in [0.25, 0.3) is 0 Å². The quantitative estimate of drug-likeness (QED) is 0.785. The fourth-order valence-corrected chi connectivity index (χ4v) is 1.88. The van der Waals surface area contributed by atoms with Crippen molar-refractivity contribution in [2.24, 2.45) is 0 Å². The van der Waals surface area contributed by atoms with Crippen LogP contribution in [-0.4, -0.2) is 13.4 Å². The van der Waals surface area contributed by atoms with Crippen molar-refractivity contribution < 1.29 is 18.7 Å². The lowest BCUT2D eigenvalue weighted by Crippen LogP contribution is -2.00. The maximum absolute atomic E-state index is 13.6. The Morgan fingerprint density at radius 3 is 2.70 bits per heavy atom. The molecule has 0 fully saturated rings. The van der Waals surface area contributed by atoms with Gasteiger partial charge in [-0.2, -0.15) is 0 Å². The van der Waals surface area contributed by atoms with Crippen LogP contribution in [0.5, 0.6) is 11.5 Å². The van der Waals surface area contributed by atoms with Crippen LogP contribution in [0.3, 0.4) is 0 Å². The molecule has 0 saturated carbocycles. The molecule has 20 heavy (non-hydrogen) atoms. The Kier molecular flexibility index (Phi) is 4.58. The molecule has 0 atom stereocenters. The van der Waals surface area contributed by atoms with Crippen molar-refractivity contribution >= 4 is 17.9 Å². The summed E-state index contributed by atoms with van der Waals surface area (Å²) in [4.78, 5) is 10.7. The lowest BCUT2D eigenvalue weighted by molar-refractivity contribution is 0.112. The fourth-order valence-electron chi connectivity index (χ4n) is 1.69. The van der Waals surface area contributed by atoms with E-state index in [-0.39, 0.29) is 6.61 Å². The van der Waals surface area contributed by atoms with Gasteiger partial charge in [0.1, 0.15) is 18.7 Å². The second-order valence-corrected chi connectivity index (χ2v) is 4.49. The van der Waals surface area contributed by atoms with Crippen molar-refractivity contribution in [3.05, 3.63) is 58.4 Å². The number of hydrogen-bond donors (Lipinski definition) is 0. The van der Waals surface area contributed by atoms with Gasteiger partial charge in [0.05, 0.1) is 7.11 Å². The smallest absolute Gasteiger partial charge is 0.161 e. The first-order chi connectivity index (χ1) is 9.63. The summed E-state index contributed by atoms with van der Waals surface area (Å²) in [6.07, 6.45) is 0.711. The largest absolute Gasteiger partial charge is 0.493 e. The first-order valence-corrected chi connectivity index (χ1v) is 6.22. The molecule has 0 saturated heterocycles. The number of benzene rings is 2. The van der Waals surface area contributed by atoms with Crippen LogP contribution < -0.4 is 9.47 Å². The highest BCUT2D eigenvalue weighted by molar-refractivity contribution is 6.30. The second kappa shape index (κ2) is 6.39. The van der Waals surface area contributed by atoms with Gasteiger partial charge in [0.15, 0.2) is 11.5 Å². The Morgan fingerprint density at radius 2 is 2.00 bits per heavy atom. The first-order valence-electron chi connectivity index (χ1n) is 5.84. The number of hydrogen-bond acceptors (Lipinski definition) is 3. The highest BCUT2D eigenvalue weighted by Gasteiger charge is 2.08. The van der Waals surface area contributed by atoms with E-state index in [4.69, 9.17) is 21.1 Å². The summed E-state index contributed by atoms with van der Waals surface area (Å²) in [5.74, 6) is 0.451. The third-order valence-electron chi connectivity index (χ3n) is 2.71. The molecule has 2 aromatic rings. The van der Waals surface area contributed by atoms with Crippen LogP contribution in [0.25, 0.3) is 0 Å². The van der Waals surface area contributed by atoms with Crippen molar-refractivity contribution in [1.82, 2.24) is 0 Å². The van der Waals surface area contributed by atoms with E-state index < -0.39 is 5.82 Å². The Morgan fingerprint density at radius 1 is 1.20 bits per heavy atom. The van der Waals surface area contributed by atoms with Crippen molar-refractivity contribution in [1.29, 1.82) is 0 Å². The molecule has 5 heteroatoms. The fraction of sp³-hybridized carbons (Fsp3) is 0.133. The number of methoxy groups -OCH3 is 1.